The van der Waals surface area contributed by atoms with Gasteiger partial charge in [0.15, 0.2) is 0 Å². The van der Waals surface area contributed by atoms with E-state index in [9.17, 15) is 5.11 Å². The number of hydrogen-bond acceptors (Lipinski definition) is 3. The quantitative estimate of drug-likeness (QED) is 0.926. The maximum absolute atomic E-state index is 10.3. The van der Waals surface area contributed by atoms with Gasteiger partial charge in [-0.05, 0) is 31.2 Å². The molecule has 1 saturated heterocycles. The summed E-state index contributed by atoms with van der Waals surface area (Å²) in [6.07, 6.45) is 0.469. The summed E-state index contributed by atoms with van der Waals surface area (Å²) in [7, 11) is 2.11. The molecule has 94 valence electrons. The van der Waals surface area contributed by atoms with Gasteiger partial charge in [0.05, 0.1) is 6.10 Å². The summed E-state index contributed by atoms with van der Waals surface area (Å²) in [5.74, 6) is 2.21. The van der Waals surface area contributed by atoms with Crippen LogP contribution in [-0.2, 0) is 6.42 Å². The van der Waals surface area contributed by atoms with Gasteiger partial charge in [0.1, 0.15) is 0 Å². The minimum atomic E-state index is -0.269. The van der Waals surface area contributed by atoms with Gasteiger partial charge >= 0.3 is 0 Å². The first kappa shape index (κ1) is 13.4. The Morgan fingerprint density at radius 3 is 2.82 bits per heavy atom. The van der Waals surface area contributed by atoms with Crippen LogP contribution in [0.15, 0.2) is 28.7 Å². The normalized spacial score (nSPS) is 23.6. The lowest BCUT2D eigenvalue weighted by atomic mass is 10.0. The fourth-order valence-corrected chi connectivity index (χ4v) is 3.67. The van der Waals surface area contributed by atoms with E-state index < -0.39 is 0 Å². The predicted octanol–water partition coefficient (Wildman–Crippen LogP) is 2.40. The Hall–Kier alpha value is -0.0300. The second-order valence-electron chi connectivity index (χ2n) is 4.52. The molecule has 2 unspecified atom stereocenters. The average Bonchev–Trinajstić information content (AvgIpc) is 2.32. The zero-order valence-corrected chi connectivity index (χ0v) is 12.4. The Bertz CT molecular complexity index is 357. The number of benzene rings is 1. The van der Waals surface area contributed by atoms with Gasteiger partial charge in [0.2, 0.25) is 0 Å². The second kappa shape index (κ2) is 6.23. The number of halogens is 1. The van der Waals surface area contributed by atoms with Crippen molar-refractivity contribution < 1.29 is 5.11 Å². The minimum Gasteiger partial charge on any atom is -0.391 e. The molecule has 0 amide bonds. The van der Waals surface area contributed by atoms with E-state index in [-0.39, 0.29) is 12.1 Å². The van der Waals surface area contributed by atoms with E-state index in [1.54, 1.807) is 0 Å². The van der Waals surface area contributed by atoms with Gasteiger partial charge in [-0.2, -0.15) is 11.8 Å². The summed E-state index contributed by atoms with van der Waals surface area (Å²) in [4.78, 5) is 2.28. The van der Waals surface area contributed by atoms with Crippen molar-refractivity contribution >= 4 is 27.7 Å². The number of aliphatic hydroxyl groups is 1. The van der Waals surface area contributed by atoms with Crippen LogP contribution in [0, 0.1) is 0 Å². The third kappa shape index (κ3) is 3.71. The third-order valence-electron chi connectivity index (χ3n) is 3.25. The molecule has 2 rings (SSSR count). The van der Waals surface area contributed by atoms with E-state index in [4.69, 9.17) is 0 Å². The van der Waals surface area contributed by atoms with Gasteiger partial charge in [0, 0.05) is 28.6 Å². The first-order valence-corrected chi connectivity index (χ1v) is 7.82. The molecule has 17 heavy (non-hydrogen) atoms. The van der Waals surface area contributed by atoms with Gasteiger partial charge in [-0.1, -0.05) is 28.1 Å². The lowest BCUT2D eigenvalue weighted by molar-refractivity contribution is 0.0763. The lowest BCUT2D eigenvalue weighted by Crippen LogP contribution is -2.47. The summed E-state index contributed by atoms with van der Waals surface area (Å²) < 4.78 is 1.08. The summed E-state index contributed by atoms with van der Waals surface area (Å²) in [5, 5.41) is 10.3. The maximum Gasteiger partial charge on any atom is 0.0743 e. The largest absolute Gasteiger partial charge is 0.391 e. The minimum absolute atomic E-state index is 0.269. The van der Waals surface area contributed by atoms with E-state index in [2.05, 4.69) is 40.0 Å². The number of likely N-dealkylation sites (N-methyl/N-ethyl adjacent to an activating group) is 1. The summed E-state index contributed by atoms with van der Waals surface area (Å²) >= 11 is 5.36. The van der Waals surface area contributed by atoms with E-state index in [1.807, 2.05) is 23.9 Å². The Balaban J connectivity index is 1.95. The van der Waals surface area contributed by atoms with Crippen molar-refractivity contribution in [3.63, 3.8) is 0 Å². The average molecular weight is 316 g/mol. The van der Waals surface area contributed by atoms with Crippen LogP contribution in [0.25, 0.3) is 0 Å². The third-order valence-corrected chi connectivity index (χ3v) is 4.82. The first-order chi connectivity index (χ1) is 8.16. The Morgan fingerprint density at radius 2 is 2.18 bits per heavy atom. The molecule has 1 aromatic rings. The van der Waals surface area contributed by atoms with Crippen LogP contribution in [-0.4, -0.2) is 47.3 Å². The fourth-order valence-electron chi connectivity index (χ4n) is 2.11. The second-order valence-corrected chi connectivity index (χ2v) is 6.59. The number of thioether (sulfide) groups is 1. The molecule has 2 atom stereocenters. The summed E-state index contributed by atoms with van der Waals surface area (Å²) in [6.45, 7) is 1.08. The van der Waals surface area contributed by atoms with Gasteiger partial charge < -0.3 is 5.11 Å². The van der Waals surface area contributed by atoms with E-state index in [0.717, 1.165) is 23.2 Å². The van der Waals surface area contributed by atoms with Crippen LogP contribution in [0.4, 0.5) is 0 Å². The van der Waals surface area contributed by atoms with Gasteiger partial charge in [-0.3, -0.25) is 4.90 Å². The SMILES string of the molecule is CN1CCSCC1C(O)Cc1ccc(Br)cc1. The lowest BCUT2D eigenvalue weighted by Gasteiger charge is -2.35. The highest BCUT2D eigenvalue weighted by atomic mass is 79.9. The van der Waals surface area contributed by atoms with Crippen LogP contribution in [0.3, 0.4) is 0 Å². The molecule has 2 nitrogen and oxygen atoms in total. The smallest absolute Gasteiger partial charge is 0.0743 e. The molecule has 1 aliphatic heterocycles. The zero-order valence-electron chi connectivity index (χ0n) is 9.97. The van der Waals surface area contributed by atoms with Crippen molar-refractivity contribution in [3.8, 4) is 0 Å². The highest BCUT2D eigenvalue weighted by molar-refractivity contribution is 9.10. The summed E-state index contributed by atoms with van der Waals surface area (Å²) in [5.41, 5.74) is 1.20. The molecule has 0 bridgehead atoms. The number of rotatable bonds is 3. The van der Waals surface area contributed by atoms with Gasteiger partial charge in [-0.15, -0.1) is 0 Å². The molecule has 1 fully saturated rings. The highest BCUT2D eigenvalue weighted by Gasteiger charge is 2.26. The standard InChI is InChI=1S/C13H18BrNOS/c1-15-6-7-17-9-12(15)13(16)8-10-2-4-11(14)5-3-10/h2-5,12-13,16H,6-9H2,1H3. The van der Waals surface area contributed by atoms with Crippen molar-refractivity contribution in [1.29, 1.82) is 0 Å². The van der Waals surface area contributed by atoms with Crippen LogP contribution in [0.1, 0.15) is 5.56 Å². The molecule has 4 heteroatoms. The van der Waals surface area contributed by atoms with Crippen LogP contribution in [0.5, 0.6) is 0 Å². The zero-order chi connectivity index (χ0) is 12.3. The van der Waals surface area contributed by atoms with Crippen molar-refractivity contribution in [3.05, 3.63) is 34.3 Å². The summed E-state index contributed by atoms with van der Waals surface area (Å²) in [6, 6.07) is 8.49. The molecule has 1 N–H and O–H groups in total. The molecule has 0 aromatic heterocycles. The maximum atomic E-state index is 10.3. The predicted molar refractivity (Wildman–Crippen MR) is 77.6 cm³/mol. The van der Waals surface area contributed by atoms with Crippen molar-refractivity contribution in [2.75, 3.05) is 25.1 Å². The molecule has 0 spiro atoms. The van der Waals surface area contributed by atoms with Crippen LogP contribution < -0.4 is 0 Å². The van der Waals surface area contributed by atoms with E-state index >= 15 is 0 Å². The number of hydrogen-bond donors (Lipinski definition) is 1. The number of aliphatic hydroxyl groups excluding tert-OH is 1. The van der Waals surface area contributed by atoms with E-state index in [1.165, 1.54) is 11.3 Å². The molecule has 1 aliphatic rings. The Kier molecular flexibility index (Phi) is 4.91. The monoisotopic (exact) mass is 315 g/mol. The molecular weight excluding hydrogens is 298 g/mol. The molecule has 0 radical (unpaired) electrons. The molecule has 1 aromatic carbocycles. The van der Waals surface area contributed by atoms with Gasteiger partial charge in [-0.25, -0.2) is 0 Å². The fraction of sp³-hybridized carbons (Fsp3) is 0.538. The number of nitrogens with zero attached hydrogens (tertiary/aromatic N) is 1. The molecule has 1 heterocycles. The first-order valence-electron chi connectivity index (χ1n) is 5.87. The van der Waals surface area contributed by atoms with Crippen LogP contribution in [0.2, 0.25) is 0 Å². The van der Waals surface area contributed by atoms with Crippen LogP contribution >= 0.6 is 27.7 Å². The van der Waals surface area contributed by atoms with Crippen molar-refractivity contribution in [2.24, 2.45) is 0 Å². The molecule has 0 saturated carbocycles. The van der Waals surface area contributed by atoms with Gasteiger partial charge in [0.25, 0.3) is 0 Å². The molecule has 0 aliphatic carbocycles. The molecular formula is C13H18BrNOS. The van der Waals surface area contributed by atoms with E-state index in [0.29, 0.717) is 0 Å². The van der Waals surface area contributed by atoms with Crippen molar-refractivity contribution in [1.82, 2.24) is 4.90 Å². The Labute approximate surface area is 116 Å². The topological polar surface area (TPSA) is 23.5 Å². The van der Waals surface area contributed by atoms with Crippen molar-refractivity contribution in [2.45, 2.75) is 18.6 Å². The Morgan fingerprint density at radius 1 is 1.47 bits per heavy atom. The highest BCUT2D eigenvalue weighted by Crippen LogP contribution is 2.20.